The van der Waals surface area contributed by atoms with Gasteiger partial charge in [-0.2, -0.15) is 4.89 Å². The summed E-state index contributed by atoms with van der Waals surface area (Å²) in [5.41, 5.74) is 1.07. The number of carbonyl (C=O) groups is 1. The van der Waals surface area contributed by atoms with E-state index >= 15 is 0 Å². The lowest BCUT2D eigenvalue weighted by Crippen LogP contribution is -2.43. The van der Waals surface area contributed by atoms with Crippen LogP contribution in [0.2, 0.25) is 0 Å². The van der Waals surface area contributed by atoms with Gasteiger partial charge in [-0.15, -0.1) is 5.10 Å². The number of aliphatic carboxylic acids is 1. The average molecular weight is 191 g/mol. The first-order chi connectivity index (χ1) is 5.46. The molecule has 66 valence electrons. The first kappa shape index (κ1) is 9.09. The fourth-order valence-corrected chi connectivity index (χ4v) is 1.40. The molecule has 0 aromatic heterocycles. The number of hydrazone groups is 1. The van der Waals surface area contributed by atoms with Gasteiger partial charge in [0.25, 0.3) is 0 Å². The maximum absolute atomic E-state index is 10.6. The lowest BCUT2D eigenvalue weighted by molar-refractivity contribution is -0.143. The Balaban J connectivity index is 2.75. The molecule has 0 radical (unpaired) electrons. The van der Waals surface area contributed by atoms with Crippen molar-refractivity contribution < 1.29 is 19.4 Å². The second-order valence-electron chi connectivity index (χ2n) is 2.73. The quantitative estimate of drug-likeness (QED) is 0.528. The molecule has 0 aromatic rings. The summed E-state index contributed by atoms with van der Waals surface area (Å²) in [6, 6.07) is 0. The van der Waals surface area contributed by atoms with Crippen LogP contribution < -0.4 is 5.43 Å². The van der Waals surface area contributed by atoms with E-state index in [4.69, 9.17) is 10.00 Å². The number of rotatable bonds is 2. The van der Waals surface area contributed by atoms with Gasteiger partial charge in [0.15, 0.2) is 5.54 Å². The lowest BCUT2D eigenvalue weighted by atomic mass is 10.0. The maximum Gasteiger partial charge on any atom is 0.563 e. The Bertz CT molecular complexity index is 277. The normalized spacial score (nSPS) is 29.2. The summed E-state index contributed by atoms with van der Waals surface area (Å²) < 4.78 is 10.5. The van der Waals surface area contributed by atoms with E-state index in [1.165, 1.54) is 6.92 Å². The van der Waals surface area contributed by atoms with E-state index in [0.717, 1.165) is 0 Å². The van der Waals surface area contributed by atoms with Crippen LogP contribution in [-0.2, 0) is 9.36 Å². The molecule has 1 rings (SSSR count). The first-order valence-corrected chi connectivity index (χ1v) is 4.40. The summed E-state index contributed by atoms with van der Waals surface area (Å²) in [7, 11) is -2.51. The van der Waals surface area contributed by atoms with Gasteiger partial charge >= 0.3 is 19.5 Å². The van der Waals surface area contributed by atoms with Gasteiger partial charge < -0.3 is 5.11 Å². The highest BCUT2D eigenvalue weighted by molar-refractivity contribution is 7.58. The maximum atomic E-state index is 10.6. The Morgan fingerprint density at radius 1 is 1.83 bits per heavy atom. The Kier molecular flexibility index (Phi) is 2.12. The molecule has 7 heteroatoms. The second-order valence-corrected chi connectivity index (χ2v) is 3.79. The largest absolute Gasteiger partial charge is 0.563 e. The van der Waals surface area contributed by atoms with Crippen LogP contribution in [0.1, 0.15) is 13.3 Å². The Labute approximate surface area is 69.1 Å². The molecule has 0 fully saturated rings. The van der Waals surface area contributed by atoms with Crippen molar-refractivity contribution in [3.05, 3.63) is 0 Å². The molecule has 0 saturated heterocycles. The van der Waals surface area contributed by atoms with Crippen molar-refractivity contribution in [1.82, 2.24) is 5.43 Å². The third-order valence-electron chi connectivity index (χ3n) is 1.64. The molecule has 1 aliphatic rings. The monoisotopic (exact) mass is 191 g/mol. The van der Waals surface area contributed by atoms with Crippen molar-refractivity contribution >= 4 is 19.5 Å². The van der Waals surface area contributed by atoms with Crippen LogP contribution >= 0.6 is 8.03 Å². The Morgan fingerprint density at radius 3 is 2.67 bits per heavy atom. The molecule has 0 spiro atoms. The van der Waals surface area contributed by atoms with E-state index in [1.807, 2.05) is 0 Å². The molecule has 0 saturated carbocycles. The van der Waals surface area contributed by atoms with Crippen LogP contribution in [0.5, 0.6) is 0 Å². The zero-order valence-corrected chi connectivity index (χ0v) is 7.21. The summed E-state index contributed by atoms with van der Waals surface area (Å²) in [6.07, 6.45) is -0.0337. The minimum absolute atomic E-state index is 0.00472. The van der Waals surface area contributed by atoms with Gasteiger partial charge in [-0.05, 0) is 11.5 Å². The van der Waals surface area contributed by atoms with E-state index in [9.17, 15) is 9.36 Å². The Morgan fingerprint density at radius 2 is 2.42 bits per heavy atom. The minimum Gasteiger partial charge on any atom is -0.479 e. The SMILES string of the molecule is CC1(C(=O)O)CC([P+](=O)O)=NN1. The van der Waals surface area contributed by atoms with Gasteiger partial charge in [0, 0.05) is 0 Å². The second kappa shape index (κ2) is 2.80. The van der Waals surface area contributed by atoms with Crippen LogP contribution in [0.4, 0.5) is 0 Å². The van der Waals surface area contributed by atoms with Crippen molar-refractivity contribution in [3.8, 4) is 0 Å². The van der Waals surface area contributed by atoms with E-state index in [-0.39, 0.29) is 11.9 Å². The minimum atomic E-state index is -2.51. The van der Waals surface area contributed by atoms with Crippen molar-refractivity contribution in [3.63, 3.8) is 0 Å². The standard InChI is InChI=1S/C5H7N2O4P/c1-5(4(8)9)2-3(6-7-5)12(10)11/h2H2,1H3,(H2-,7,8,9,10,11)/p+1. The summed E-state index contributed by atoms with van der Waals surface area (Å²) in [6.45, 7) is 1.41. The fraction of sp³-hybridized carbons (Fsp3) is 0.600. The van der Waals surface area contributed by atoms with E-state index in [2.05, 4.69) is 10.5 Å². The molecule has 1 heterocycles. The number of hydrogen-bond donors (Lipinski definition) is 3. The molecular formula is C5H8N2O4P+. The predicted molar refractivity (Wildman–Crippen MR) is 41.1 cm³/mol. The summed E-state index contributed by atoms with van der Waals surface area (Å²) >= 11 is 0. The number of carboxylic acid groups (broad SMARTS) is 1. The van der Waals surface area contributed by atoms with Gasteiger partial charge in [-0.1, -0.05) is 0 Å². The van der Waals surface area contributed by atoms with Crippen molar-refractivity contribution in [2.24, 2.45) is 5.10 Å². The summed E-state index contributed by atoms with van der Waals surface area (Å²) in [5.74, 6) is -1.09. The molecular weight excluding hydrogens is 183 g/mol. The highest BCUT2D eigenvalue weighted by Gasteiger charge is 2.45. The average Bonchev–Trinajstić information content (AvgIpc) is 2.33. The van der Waals surface area contributed by atoms with E-state index in [0.29, 0.717) is 0 Å². The van der Waals surface area contributed by atoms with Gasteiger partial charge in [0.05, 0.1) is 6.42 Å². The number of hydrogen-bond acceptors (Lipinski definition) is 4. The van der Waals surface area contributed by atoms with E-state index in [1.54, 1.807) is 0 Å². The lowest BCUT2D eigenvalue weighted by Gasteiger charge is -2.15. The molecule has 0 aromatic carbocycles. The smallest absolute Gasteiger partial charge is 0.479 e. The van der Waals surface area contributed by atoms with Gasteiger partial charge in [-0.3, -0.25) is 5.43 Å². The molecule has 0 bridgehead atoms. The van der Waals surface area contributed by atoms with Gasteiger partial charge in [0.2, 0.25) is 0 Å². The topological polar surface area (TPSA) is 99.0 Å². The van der Waals surface area contributed by atoms with Crippen LogP contribution in [0.25, 0.3) is 0 Å². The van der Waals surface area contributed by atoms with Crippen molar-refractivity contribution in [2.45, 2.75) is 18.9 Å². The number of nitrogens with one attached hydrogen (secondary N) is 1. The molecule has 2 unspecified atom stereocenters. The molecule has 1 aliphatic heterocycles. The molecule has 3 N–H and O–H groups in total. The first-order valence-electron chi connectivity index (χ1n) is 3.19. The van der Waals surface area contributed by atoms with Gasteiger partial charge in [-0.25, -0.2) is 4.79 Å². The Hall–Kier alpha value is -1.00. The molecule has 0 amide bonds. The fourth-order valence-electron chi connectivity index (χ4n) is 0.817. The number of carboxylic acids is 1. The third kappa shape index (κ3) is 1.44. The van der Waals surface area contributed by atoms with Crippen molar-refractivity contribution in [1.29, 1.82) is 0 Å². The van der Waals surface area contributed by atoms with Crippen LogP contribution in [0, 0.1) is 0 Å². The molecule has 6 nitrogen and oxygen atoms in total. The highest BCUT2D eigenvalue weighted by Crippen LogP contribution is 2.28. The van der Waals surface area contributed by atoms with Crippen molar-refractivity contribution in [2.75, 3.05) is 0 Å². The van der Waals surface area contributed by atoms with Crippen LogP contribution in [0.15, 0.2) is 5.10 Å². The zero-order chi connectivity index (χ0) is 9.35. The predicted octanol–water partition coefficient (Wildman–Crippen LogP) is -0.129. The number of nitrogens with zero attached hydrogens (tertiary/aromatic N) is 1. The summed E-state index contributed by atoms with van der Waals surface area (Å²) in [4.78, 5) is 19.2. The van der Waals surface area contributed by atoms with Crippen LogP contribution in [-0.4, -0.2) is 27.0 Å². The summed E-state index contributed by atoms with van der Waals surface area (Å²) in [5, 5.41) is 12.1. The van der Waals surface area contributed by atoms with E-state index < -0.39 is 19.5 Å². The highest BCUT2D eigenvalue weighted by atomic mass is 31.1. The third-order valence-corrected chi connectivity index (χ3v) is 2.34. The van der Waals surface area contributed by atoms with Crippen LogP contribution in [0.3, 0.4) is 0 Å². The van der Waals surface area contributed by atoms with Gasteiger partial charge in [0.1, 0.15) is 0 Å². The molecule has 0 aliphatic carbocycles. The zero-order valence-electron chi connectivity index (χ0n) is 6.31. The molecule has 12 heavy (non-hydrogen) atoms. The molecule has 2 atom stereocenters.